The van der Waals surface area contributed by atoms with Crippen molar-refractivity contribution in [3.05, 3.63) is 113 Å². The zero-order valence-electron chi connectivity index (χ0n) is 18.2. The van der Waals surface area contributed by atoms with E-state index < -0.39 is 0 Å². The zero-order chi connectivity index (χ0) is 22.9. The molecule has 0 spiro atoms. The molecule has 3 aromatic rings. The van der Waals surface area contributed by atoms with Crippen LogP contribution in [-0.2, 0) is 22.7 Å². The van der Waals surface area contributed by atoms with Crippen molar-refractivity contribution in [3.8, 4) is 0 Å². The zero-order valence-corrected chi connectivity index (χ0v) is 18.2. The van der Waals surface area contributed by atoms with E-state index in [1.807, 2.05) is 60.7 Å². The summed E-state index contributed by atoms with van der Waals surface area (Å²) in [5.41, 5.74) is 3.46. The molecule has 0 saturated carbocycles. The lowest BCUT2D eigenvalue weighted by Crippen LogP contribution is -2.29. The van der Waals surface area contributed by atoms with Crippen LogP contribution in [0.25, 0.3) is 0 Å². The monoisotopic (exact) mass is 426 g/mol. The third kappa shape index (κ3) is 6.51. The Labute approximate surface area is 188 Å². The number of amides is 2. The van der Waals surface area contributed by atoms with Crippen molar-refractivity contribution in [2.24, 2.45) is 0 Å². The van der Waals surface area contributed by atoms with E-state index in [1.54, 1.807) is 36.1 Å². The van der Waals surface area contributed by atoms with Gasteiger partial charge in [-0.3, -0.25) is 14.4 Å². The molecule has 3 rings (SSSR count). The van der Waals surface area contributed by atoms with E-state index in [0.717, 1.165) is 11.1 Å². The molecule has 2 amide bonds. The number of hydrogen-bond donors (Lipinski definition) is 1. The van der Waals surface area contributed by atoms with Crippen molar-refractivity contribution in [3.63, 3.8) is 0 Å². The summed E-state index contributed by atoms with van der Waals surface area (Å²) in [5, 5.41) is 2.76. The van der Waals surface area contributed by atoms with Crippen LogP contribution in [-0.4, -0.2) is 22.5 Å². The molecule has 0 fully saturated rings. The van der Waals surface area contributed by atoms with Crippen molar-refractivity contribution in [2.75, 3.05) is 5.32 Å². The van der Waals surface area contributed by atoms with Gasteiger partial charge in [0.2, 0.25) is 5.91 Å². The van der Waals surface area contributed by atoms with Gasteiger partial charge in [0.25, 0.3) is 5.91 Å². The van der Waals surface area contributed by atoms with Crippen LogP contribution in [0.1, 0.15) is 35.3 Å². The van der Waals surface area contributed by atoms with Gasteiger partial charge in [-0.1, -0.05) is 60.7 Å². The van der Waals surface area contributed by atoms with E-state index >= 15 is 0 Å². The molecule has 162 valence electrons. The van der Waals surface area contributed by atoms with E-state index in [2.05, 4.69) is 5.32 Å². The lowest BCUT2D eigenvalue weighted by atomic mass is 10.1. The van der Waals surface area contributed by atoms with Crippen LogP contribution in [0, 0.1) is 0 Å². The van der Waals surface area contributed by atoms with Crippen LogP contribution in [0.2, 0.25) is 0 Å². The second kappa shape index (κ2) is 10.9. The summed E-state index contributed by atoms with van der Waals surface area (Å²) in [6.45, 7) is 3.97. The number of ketones is 1. The Morgan fingerprint density at radius 1 is 0.750 bits per heavy atom. The summed E-state index contributed by atoms with van der Waals surface area (Å²) in [7, 11) is 0. The molecule has 0 aliphatic heterocycles. The molecular formula is C27H26N2O3. The van der Waals surface area contributed by atoms with Gasteiger partial charge in [-0.25, -0.2) is 0 Å². The normalized spacial score (nSPS) is 11.0. The van der Waals surface area contributed by atoms with E-state index in [9.17, 15) is 14.4 Å². The molecule has 0 unspecified atom stereocenters. The Morgan fingerprint density at radius 3 is 1.72 bits per heavy atom. The Balaban J connectivity index is 1.73. The van der Waals surface area contributed by atoms with Crippen LogP contribution >= 0.6 is 0 Å². The average Bonchev–Trinajstić information content (AvgIpc) is 2.80. The summed E-state index contributed by atoms with van der Waals surface area (Å²) in [4.78, 5) is 38.8. The highest BCUT2D eigenvalue weighted by molar-refractivity contribution is 6.07. The Bertz CT molecular complexity index is 1060. The molecule has 32 heavy (non-hydrogen) atoms. The number of carbonyl (C=O) groups excluding carboxylic acids is 3. The van der Waals surface area contributed by atoms with Gasteiger partial charge in [0.1, 0.15) is 0 Å². The minimum atomic E-state index is -0.367. The molecule has 5 heteroatoms. The topological polar surface area (TPSA) is 66.5 Å². The fraction of sp³-hybridized carbons (Fsp3) is 0.148. The van der Waals surface area contributed by atoms with E-state index in [1.165, 1.54) is 13.0 Å². The number of anilines is 1. The first-order valence-electron chi connectivity index (χ1n) is 10.4. The van der Waals surface area contributed by atoms with Gasteiger partial charge >= 0.3 is 0 Å². The number of rotatable bonds is 8. The largest absolute Gasteiger partial charge is 0.330 e. The predicted octanol–water partition coefficient (Wildman–Crippen LogP) is 5.00. The highest BCUT2D eigenvalue weighted by Gasteiger charge is 2.15. The summed E-state index contributed by atoms with van der Waals surface area (Å²) < 4.78 is 0. The number of nitrogens with zero attached hydrogens (tertiary/aromatic N) is 1. The lowest BCUT2D eigenvalue weighted by molar-refractivity contribution is -0.127. The van der Waals surface area contributed by atoms with Crippen molar-refractivity contribution >= 4 is 23.3 Å². The Hall–Kier alpha value is -3.99. The highest BCUT2D eigenvalue weighted by atomic mass is 16.2. The van der Waals surface area contributed by atoms with E-state index in [0.29, 0.717) is 29.9 Å². The standard InChI is InChI=1S/C27H26N2O3/c1-20(27(32)28-25-15-13-24(14-16-25)21(2)30)17-26(31)29(18-22-9-5-3-6-10-22)19-23-11-7-4-8-12-23/h3-17H,18-19H2,1-2H3,(H,28,32)/b20-17-. The van der Waals surface area contributed by atoms with Crippen LogP contribution in [0.15, 0.2) is 96.6 Å². The van der Waals surface area contributed by atoms with Gasteiger partial charge in [0.05, 0.1) is 0 Å². The molecule has 0 aliphatic carbocycles. The van der Waals surface area contributed by atoms with Gasteiger partial charge in [-0.2, -0.15) is 0 Å². The van der Waals surface area contributed by atoms with Gasteiger partial charge < -0.3 is 10.2 Å². The first kappa shape index (κ1) is 22.7. The third-order valence-electron chi connectivity index (χ3n) is 4.99. The van der Waals surface area contributed by atoms with Gasteiger partial charge in [-0.05, 0) is 49.2 Å². The van der Waals surface area contributed by atoms with Crippen molar-refractivity contribution in [2.45, 2.75) is 26.9 Å². The maximum atomic E-state index is 13.1. The second-order valence-electron chi connectivity index (χ2n) is 7.58. The van der Waals surface area contributed by atoms with E-state index in [-0.39, 0.29) is 17.6 Å². The molecule has 0 heterocycles. The lowest BCUT2D eigenvalue weighted by Gasteiger charge is -2.22. The van der Waals surface area contributed by atoms with E-state index in [4.69, 9.17) is 0 Å². The van der Waals surface area contributed by atoms with Gasteiger partial charge in [0.15, 0.2) is 5.78 Å². The molecule has 1 N–H and O–H groups in total. The minimum Gasteiger partial charge on any atom is -0.330 e. The predicted molar refractivity (Wildman–Crippen MR) is 126 cm³/mol. The van der Waals surface area contributed by atoms with Gasteiger partial charge in [-0.15, -0.1) is 0 Å². The first-order chi connectivity index (χ1) is 15.4. The molecule has 0 aromatic heterocycles. The molecule has 3 aromatic carbocycles. The fourth-order valence-corrected chi connectivity index (χ4v) is 3.18. The Kier molecular flexibility index (Phi) is 7.70. The number of nitrogens with one attached hydrogen (secondary N) is 1. The van der Waals surface area contributed by atoms with Crippen molar-refractivity contribution < 1.29 is 14.4 Å². The number of benzene rings is 3. The number of carbonyl (C=O) groups is 3. The van der Waals surface area contributed by atoms with Crippen molar-refractivity contribution in [1.29, 1.82) is 0 Å². The summed E-state index contributed by atoms with van der Waals surface area (Å²) in [5.74, 6) is -0.646. The van der Waals surface area contributed by atoms with Crippen LogP contribution in [0.5, 0.6) is 0 Å². The summed E-state index contributed by atoms with van der Waals surface area (Å²) in [6.07, 6.45) is 1.37. The maximum Gasteiger partial charge on any atom is 0.251 e. The second-order valence-corrected chi connectivity index (χ2v) is 7.58. The average molecular weight is 427 g/mol. The highest BCUT2D eigenvalue weighted by Crippen LogP contribution is 2.14. The maximum absolute atomic E-state index is 13.1. The van der Waals surface area contributed by atoms with Crippen LogP contribution in [0.3, 0.4) is 0 Å². The molecule has 5 nitrogen and oxygen atoms in total. The van der Waals surface area contributed by atoms with Crippen LogP contribution < -0.4 is 5.32 Å². The fourth-order valence-electron chi connectivity index (χ4n) is 3.18. The van der Waals surface area contributed by atoms with Crippen molar-refractivity contribution in [1.82, 2.24) is 4.90 Å². The van der Waals surface area contributed by atoms with Crippen LogP contribution in [0.4, 0.5) is 5.69 Å². The molecule has 0 saturated heterocycles. The minimum absolute atomic E-state index is 0.0403. The SMILES string of the molecule is CC(=O)c1ccc(NC(=O)/C(C)=C\C(=O)N(Cc2ccccc2)Cc2ccccc2)cc1. The molecule has 0 aliphatic rings. The molecule has 0 atom stereocenters. The Morgan fingerprint density at radius 2 is 1.25 bits per heavy atom. The molecule has 0 radical (unpaired) electrons. The summed E-state index contributed by atoms with van der Waals surface area (Å²) in [6, 6.07) is 26.2. The number of hydrogen-bond acceptors (Lipinski definition) is 3. The smallest absolute Gasteiger partial charge is 0.251 e. The summed E-state index contributed by atoms with van der Waals surface area (Å²) >= 11 is 0. The van der Waals surface area contributed by atoms with Gasteiger partial charge in [0, 0.05) is 36.0 Å². The first-order valence-corrected chi connectivity index (χ1v) is 10.4. The quantitative estimate of drug-likeness (QED) is 0.407. The number of Topliss-reactive ketones (excluding diaryl/α,β-unsaturated/α-hetero) is 1. The molecular weight excluding hydrogens is 400 g/mol. The third-order valence-corrected chi connectivity index (χ3v) is 4.99. The molecule has 0 bridgehead atoms.